The van der Waals surface area contributed by atoms with Gasteiger partial charge in [-0.25, -0.2) is 0 Å². The van der Waals surface area contributed by atoms with Crippen molar-refractivity contribution in [3.05, 3.63) is 57.5 Å². The SMILES string of the molecule is Clc1ccc(-c2nc(-c3ccccc3Cl)no2)cc1Cl. The minimum absolute atomic E-state index is 0.360. The number of halogens is 3. The smallest absolute Gasteiger partial charge is 0.258 e. The first-order valence-corrected chi connectivity index (χ1v) is 6.82. The molecule has 3 aromatic rings. The molecule has 0 aliphatic rings. The number of hydrogen-bond acceptors (Lipinski definition) is 3. The summed E-state index contributed by atoms with van der Waals surface area (Å²) in [6, 6.07) is 12.4. The molecule has 2 aromatic carbocycles. The highest BCUT2D eigenvalue weighted by Crippen LogP contribution is 2.30. The minimum Gasteiger partial charge on any atom is -0.334 e. The lowest BCUT2D eigenvalue weighted by molar-refractivity contribution is 0.432. The second-order valence-corrected chi connectivity index (χ2v) is 5.25. The van der Waals surface area contributed by atoms with Crippen molar-refractivity contribution >= 4 is 34.8 Å². The van der Waals surface area contributed by atoms with Gasteiger partial charge in [-0.3, -0.25) is 0 Å². The van der Waals surface area contributed by atoms with Crippen LogP contribution in [0.1, 0.15) is 0 Å². The van der Waals surface area contributed by atoms with E-state index >= 15 is 0 Å². The van der Waals surface area contributed by atoms with E-state index in [9.17, 15) is 0 Å². The van der Waals surface area contributed by atoms with Crippen LogP contribution >= 0.6 is 34.8 Å². The van der Waals surface area contributed by atoms with Gasteiger partial charge in [0.25, 0.3) is 5.89 Å². The second-order valence-electron chi connectivity index (χ2n) is 4.03. The first-order chi connectivity index (χ1) is 9.65. The Bertz CT molecular complexity index is 771. The van der Waals surface area contributed by atoms with Crippen LogP contribution in [0.5, 0.6) is 0 Å². The largest absolute Gasteiger partial charge is 0.334 e. The van der Waals surface area contributed by atoms with Crippen LogP contribution < -0.4 is 0 Å². The molecule has 0 radical (unpaired) electrons. The molecule has 1 aromatic heterocycles. The highest BCUT2D eigenvalue weighted by molar-refractivity contribution is 6.42. The van der Waals surface area contributed by atoms with E-state index < -0.39 is 0 Å². The average molecular weight is 326 g/mol. The van der Waals surface area contributed by atoms with Crippen molar-refractivity contribution in [1.29, 1.82) is 0 Å². The van der Waals surface area contributed by atoms with Crippen LogP contribution in [0.15, 0.2) is 47.0 Å². The predicted molar refractivity (Wildman–Crippen MR) is 80.2 cm³/mol. The number of rotatable bonds is 2. The van der Waals surface area contributed by atoms with E-state index in [4.69, 9.17) is 39.3 Å². The van der Waals surface area contributed by atoms with Crippen molar-refractivity contribution in [2.45, 2.75) is 0 Å². The Balaban J connectivity index is 2.02. The van der Waals surface area contributed by atoms with Gasteiger partial charge in [-0.15, -0.1) is 0 Å². The summed E-state index contributed by atoms with van der Waals surface area (Å²) in [5.74, 6) is 0.787. The van der Waals surface area contributed by atoms with Crippen molar-refractivity contribution in [3.8, 4) is 22.8 Å². The Hall–Kier alpha value is -1.55. The monoisotopic (exact) mass is 324 g/mol. The number of benzene rings is 2. The summed E-state index contributed by atoms with van der Waals surface area (Å²) in [7, 11) is 0. The van der Waals surface area contributed by atoms with Crippen molar-refractivity contribution in [1.82, 2.24) is 10.1 Å². The molecule has 0 bridgehead atoms. The van der Waals surface area contributed by atoms with Gasteiger partial charge in [-0.05, 0) is 30.3 Å². The number of hydrogen-bond donors (Lipinski definition) is 0. The Morgan fingerprint density at radius 2 is 1.65 bits per heavy atom. The van der Waals surface area contributed by atoms with Crippen molar-refractivity contribution < 1.29 is 4.52 Å². The molecule has 0 aliphatic carbocycles. The average Bonchev–Trinajstić information content (AvgIpc) is 2.92. The Kier molecular flexibility index (Phi) is 3.66. The highest BCUT2D eigenvalue weighted by atomic mass is 35.5. The molecule has 20 heavy (non-hydrogen) atoms. The van der Waals surface area contributed by atoms with Crippen LogP contribution in [0.3, 0.4) is 0 Å². The van der Waals surface area contributed by atoms with E-state index in [-0.39, 0.29) is 0 Å². The van der Waals surface area contributed by atoms with Crippen LogP contribution in [0, 0.1) is 0 Å². The second kappa shape index (κ2) is 5.44. The maximum Gasteiger partial charge on any atom is 0.258 e. The van der Waals surface area contributed by atoms with Crippen LogP contribution in [-0.2, 0) is 0 Å². The van der Waals surface area contributed by atoms with Crippen LogP contribution in [0.2, 0.25) is 15.1 Å². The fourth-order valence-corrected chi connectivity index (χ4v) is 2.24. The fraction of sp³-hybridized carbons (Fsp3) is 0. The van der Waals surface area contributed by atoms with Crippen molar-refractivity contribution in [2.75, 3.05) is 0 Å². The normalized spacial score (nSPS) is 10.8. The lowest BCUT2D eigenvalue weighted by Crippen LogP contribution is -1.82. The summed E-state index contributed by atoms with van der Waals surface area (Å²) in [6.07, 6.45) is 0. The van der Waals surface area contributed by atoms with Crippen molar-refractivity contribution in [2.24, 2.45) is 0 Å². The summed E-state index contributed by atoms with van der Waals surface area (Å²) < 4.78 is 5.23. The molecule has 3 nitrogen and oxygen atoms in total. The lowest BCUT2D eigenvalue weighted by atomic mass is 10.2. The maximum absolute atomic E-state index is 6.10. The third kappa shape index (κ3) is 2.52. The molecule has 0 saturated carbocycles. The molecule has 6 heteroatoms. The fourth-order valence-electron chi connectivity index (χ4n) is 1.72. The minimum atomic E-state index is 0.360. The van der Waals surface area contributed by atoms with E-state index in [1.165, 1.54) is 0 Å². The van der Waals surface area contributed by atoms with Gasteiger partial charge in [0.1, 0.15) is 0 Å². The van der Waals surface area contributed by atoms with E-state index in [1.54, 1.807) is 24.3 Å². The van der Waals surface area contributed by atoms with Crippen LogP contribution in [-0.4, -0.2) is 10.1 Å². The molecule has 0 amide bonds. The molecule has 1 heterocycles. The topological polar surface area (TPSA) is 38.9 Å². The third-order valence-electron chi connectivity index (χ3n) is 2.71. The number of nitrogens with zero attached hydrogens (tertiary/aromatic N) is 2. The Labute approximate surface area is 130 Å². The standard InChI is InChI=1S/C14H7Cl3N2O/c15-10-4-2-1-3-9(10)13-18-14(20-19-13)8-5-6-11(16)12(17)7-8/h1-7H. The highest BCUT2D eigenvalue weighted by Gasteiger charge is 2.13. The molecule has 0 aliphatic heterocycles. The summed E-state index contributed by atoms with van der Waals surface area (Å²) in [5.41, 5.74) is 1.41. The van der Waals surface area contributed by atoms with Crippen LogP contribution in [0.25, 0.3) is 22.8 Å². The van der Waals surface area contributed by atoms with Gasteiger partial charge in [0, 0.05) is 11.1 Å². The maximum atomic E-state index is 6.10. The van der Waals surface area contributed by atoms with E-state index in [2.05, 4.69) is 10.1 Å². The predicted octanol–water partition coefficient (Wildman–Crippen LogP) is 5.36. The Morgan fingerprint density at radius 1 is 0.850 bits per heavy atom. The van der Waals surface area contributed by atoms with Gasteiger partial charge in [-0.2, -0.15) is 4.98 Å². The first-order valence-electron chi connectivity index (χ1n) is 5.69. The molecule has 100 valence electrons. The molecular formula is C14H7Cl3N2O. The Morgan fingerprint density at radius 3 is 2.40 bits per heavy atom. The molecule has 0 fully saturated rings. The molecule has 0 saturated heterocycles. The van der Waals surface area contributed by atoms with Gasteiger partial charge >= 0.3 is 0 Å². The van der Waals surface area contributed by atoms with Crippen LogP contribution in [0.4, 0.5) is 0 Å². The lowest BCUT2D eigenvalue weighted by Gasteiger charge is -1.98. The zero-order chi connectivity index (χ0) is 14.1. The summed E-state index contributed by atoms with van der Waals surface area (Å²) in [4.78, 5) is 4.32. The summed E-state index contributed by atoms with van der Waals surface area (Å²) >= 11 is 17.9. The number of aromatic nitrogens is 2. The summed E-state index contributed by atoms with van der Waals surface area (Å²) in [6.45, 7) is 0. The van der Waals surface area contributed by atoms with Gasteiger partial charge in [-0.1, -0.05) is 52.1 Å². The molecule has 0 atom stereocenters. The van der Waals surface area contributed by atoms with E-state index in [0.717, 1.165) is 0 Å². The zero-order valence-corrected chi connectivity index (χ0v) is 12.2. The zero-order valence-electron chi connectivity index (χ0n) is 9.98. The summed E-state index contributed by atoms with van der Waals surface area (Å²) in [5, 5.41) is 5.40. The molecular weight excluding hydrogens is 319 g/mol. The van der Waals surface area contributed by atoms with Gasteiger partial charge in [0.2, 0.25) is 5.82 Å². The van der Waals surface area contributed by atoms with Gasteiger partial charge in [0.05, 0.1) is 15.1 Å². The van der Waals surface area contributed by atoms with Crippen molar-refractivity contribution in [3.63, 3.8) is 0 Å². The quantitative estimate of drug-likeness (QED) is 0.636. The van der Waals surface area contributed by atoms with E-state index in [1.807, 2.05) is 18.2 Å². The van der Waals surface area contributed by atoms with E-state index in [0.29, 0.717) is 37.9 Å². The molecule has 3 rings (SSSR count). The third-order valence-corrected chi connectivity index (χ3v) is 3.78. The molecule has 0 unspecified atom stereocenters. The van der Waals surface area contributed by atoms with Gasteiger partial charge < -0.3 is 4.52 Å². The molecule has 0 spiro atoms. The van der Waals surface area contributed by atoms with Gasteiger partial charge in [0.15, 0.2) is 0 Å². The first kappa shape index (κ1) is 13.4. The molecule has 0 N–H and O–H groups in total.